The van der Waals surface area contributed by atoms with E-state index in [-0.39, 0.29) is 30.3 Å². The average Bonchev–Trinajstić information content (AvgIpc) is 1.66. The van der Waals surface area contributed by atoms with E-state index in [1.165, 1.54) is 0 Å². The predicted octanol–water partition coefficient (Wildman–Crippen LogP) is 0.970. The number of nitrogens with two attached hydrogens (primary N) is 1. The molecule has 0 heterocycles. The molecule has 0 amide bonds. The van der Waals surface area contributed by atoms with E-state index in [0.717, 1.165) is 18.7 Å². The van der Waals surface area contributed by atoms with E-state index < -0.39 is 0 Å². The predicted molar refractivity (Wildman–Crippen MR) is 52.0 cm³/mol. The van der Waals surface area contributed by atoms with Gasteiger partial charge in [-0.3, -0.25) is 0 Å². The first-order valence-corrected chi connectivity index (χ1v) is 6.77. The second-order valence-corrected chi connectivity index (χ2v) is 5.75. The fraction of sp³-hybridized carbons (Fsp3) is 1.00. The van der Waals surface area contributed by atoms with Gasteiger partial charge < -0.3 is 18.4 Å². The first-order valence-electron chi connectivity index (χ1n) is 3.20. The molecular weight excluding hydrogens is 346 g/mol. The zero-order chi connectivity index (χ0) is 7.70. The molecule has 0 aromatic rings. The van der Waals surface area contributed by atoms with Crippen molar-refractivity contribution in [1.82, 2.24) is 0 Å². The molecule has 0 aliphatic carbocycles. The summed E-state index contributed by atoms with van der Waals surface area (Å²) in [5, 5.41) is 0. The SMILES string of the molecule is C[PH+](C)C.NCCC[S-].[Au+]. The van der Waals surface area contributed by atoms with E-state index in [9.17, 15) is 0 Å². The molecule has 0 aliphatic heterocycles. The summed E-state index contributed by atoms with van der Waals surface area (Å²) < 4.78 is 0. The third-order valence-corrected chi connectivity index (χ3v) is 0.637. The van der Waals surface area contributed by atoms with Crippen LogP contribution >= 0.6 is 7.92 Å². The van der Waals surface area contributed by atoms with E-state index in [1.807, 2.05) is 0 Å². The molecule has 0 fully saturated rings. The van der Waals surface area contributed by atoms with Crippen LogP contribution in [0.3, 0.4) is 0 Å². The van der Waals surface area contributed by atoms with Crippen molar-refractivity contribution in [3.05, 3.63) is 0 Å². The van der Waals surface area contributed by atoms with Crippen LogP contribution in [0.5, 0.6) is 0 Å². The third kappa shape index (κ3) is 56.3. The molecule has 68 valence electrons. The maximum Gasteiger partial charge on any atom is 1.00 e. The van der Waals surface area contributed by atoms with Gasteiger partial charge in [0.15, 0.2) is 0 Å². The Bertz CT molecular complexity index is 42.0. The molecule has 0 aromatic carbocycles. The Labute approximate surface area is 87.2 Å². The summed E-state index contributed by atoms with van der Waals surface area (Å²) in [5.41, 5.74) is 5.07. The minimum atomic E-state index is 0. The molecule has 0 spiro atoms. The molecular formula is C6H18AuNPS+. The summed E-state index contributed by atoms with van der Waals surface area (Å²) in [6, 6.07) is 0. The smallest absolute Gasteiger partial charge is 0.793 e. The first kappa shape index (κ1) is 17.5. The Kier molecular flexibility index (Phi) is 29.5. The van der Waals surface area contributed by atoms with E-state index in [2.05, 4.69) is 32.6 Å². The van der Waals surface area contributed by atoms with Gasteiger partial charge in [-0.25, -0.2) is 0 Å². The fourth-order valence-electron chi connectivity index (χ4n) is 0.0833. The minimum Gasteiger partial charge on any atom is -0.793 e. The summed E-state index contributed by atoms with van der Waals surface area (Å²) in [7, 11) is 0.120. The van der Waals surface area contributed by atoms with Crippen molar-refractivity contribution < 1.29 is 22.4 Å². The molecule has 0 rings (SSSR count). The molecule has 0 bridgehead atoms. The molecule has 0 aromatic heterocycles. The van der Waals surface area contributed by atoms with Crippen molar-refractivity contribution in [3.63, 3.8) is 0 Å². The van der Waals surface area contributed by atoms with E-state index in [4.69, 9.17) is 5.73 Å². The molecule has 10 heavy (non-hydrogen) atoms. The van der Waals surface area contributed by atoms with Gasteiger partial charge in [0.2, 0.25) is 0 Å². The van der Waals surface area contributed by atoms with Gasteiger partial charge in [0, 0.05) is 20.0 Å². The Morgan fingerprint density at radius 3 is 1.60 bits per heavy atom. The van der Waals surface area contributed by atoms with Crippen LogP contribution in [0.4, 0.5) is 0 Å². The standard InChI is InChI=1S/C3H9NS.C3H9P.Au/c4-2-1-3-5;1-4(2)3;/h5H,1-4H2;1-3H3;/q;;+1. The van der Waals surface area contributed by atoms with Crippen LogP contribution in [-0.4, -0.2) is 32.3 Å². The minimum absolute atomic E-state index is 0. The van der Waals surface area contributed by atoms with Gasteiger partial charge in [-0.05, 0) is 14.5 Å². The molecule has 0 aliphatic rings. The molecule has 0 unspecified atom stereocenters. The van der Waals surface area contributed by atoms with Gasteiger partial charge in [-0.15, -0.1) is 0 Å². The summed E-state index contributed by atoms with van der Waals surface area (Å²) in [5.74, 6) is 0.802. The van der Waals surface area contributed by atoms with Gasteiger partial charge in [0.05, 0.1) is 0 Å². The van der Waals surface area contributed by atoms with Crippen molar-refractivity contribution in [2.24, 2.45) is 5.73 Å². The van der Waals surface area contributed by atoms with Crippen LogP contribution in [0, 0.1) is 0 Å². The zero-order valence-electron chi connectivity index (χ0n) is 6.91. The van der Waals surface area contributed by atoms with Gasteiger partial charge in [0.25, 0.3) is 0 Å². The Morgan fingerprint density at radius 1 is 1.30 bits per heavy atom. The Hall–Kier alpha value is 1.48. The van der Waals surface area contributed by atoms with Crippen LogP contribution in [0.25, 0.3) is 0 Å². The summed E-state index contributed by atoms with van der Waals surface area (Å²) in [4.78, 5) is 0. The largest absolute Gasteiger partial charge is 1.00 e. The normalized spacial score (nSPS) is 7.80. The van der Waals surface area contributed by atoms with Crippen molar-refractivity contribution in [3.8, 4) is 0 Å². The van der Waals surface area contributed by atoms with Crippen LogP contribution < -0.4 is 5.73 Å². The molecule has 0 saturated heterocycles. The van der Waals surface area contributed by atoms with Crippen molar-refractivity contribution >= 4 is 20.6 Å². The fourth-order valence-corrected chi connectivity index (χ4v) is 0.250. The number of rotatable bonds is 2. The van der Waals surface area contributed by atoms with Crippen LogP contribution in [-0.2, 0) is 35.0 Å². The van der Waals surface area contributed by atoms with E-state index in [1.54, 1.807) is 0 Å². The molecule has 0 radical (unpaired) electrons. The summed E-state index contributed by atoms with van der Waals surface area (Å²) in [6.07, 6.45) is 0.981. The van der Waals surface area contributed by atoms with Gasteiger partial charge in [-0.2, -0.15) is 5.75 Å². The van der Waals surface area contributed by atoms with E-state index >= 15 is 0 Å². The topological polar surface area (TPSA) is 26.0 Å². The van der Waals surface area contributed by atoms with Gasteiger partial charge >= 0.3 is 22.4 Å². The molecule has 0 saturated carbocycles. The Morgan fingerprint density at radius 2 is 1.60 bits per heavy atom. The van der Waals surface area contributed by atoms with E-state index in [0.29, 0.717) is 0 Å². The van der Waals surface area contributed by atoms with Crippen LogP contribution in [0.2, 0.25) is 0 Å². The Balaban J connectivity index is -0.0000000910. The average molecular weight is 364 g/mol. The summed E-state index contributed by atoms with van der Waals surface area (Å²) >= 11 is 4.57. The second-order valence-electron chi connectivity index (χ2n) is 2.35. The molecule has 2 N–H and O–H groups in total. The maximum atomic E-state index is 5.07. The van der Waals surface area contributed by atoms with Crippen LogP contribution in [0.1, 0.15) is 6.42 Å². The maximum absolute atomic E-state index is 5.07. The molecule has 1 nitrogen and oxygen atoms in total. The van der Waals surface area contributed by atoms with Crippen molar-refractivity contribution in [2.45, 2.75) is 6.42 Å². The summed E-state index contributed by atoms with van der Waals surface area (Å²) in [6.45, 7) is 7.55. The second kappa shape index (κ2) is 16.8. The van der Waals surface area contributed by atoms with Crippen molar-refractivity contribution in [2.75, 3.05) is 32.3 Å². The first-order chi connectivity index (χ1) is 4.15. The monoisotopic (exact) mass is 364 g/mol. The number of hydrogen-bond donors (Lipinski definition) is 1. The quantitative estimate of drug-likeness (QED) is 0.449. The van der Waals surface area contributed by atoms with Gasteiger partial charge in [-0.1, -0.05) is 6.42 Å². The zero-order valence-corrected chi connectivity index (χ0v) is 10.9. The number of hydrogen-bond acceptors (Lipinski definition) is 2. The van der Waals surface area contributed by atoms with Gasteiger partial charge in [0.1, 0.15) is 0 Å². The molecule has 4 heteroatoms. The molecule has 0 atom stereocenters. The van der Waals surface area contributed by atoms with Crippen molar-refractivity contribution in [1.29, 1.82) is 0 Å². The van der Waals surface area contributed by atoms with Crippen LogP contribution in [0.15, 0.2) is 0 Å². The third-order valence-electron chi connectivity index (χ3n) is 0.348.